The predicted octanol–water partition coefficient (Wildman–Crippen LogP) is 4.16. The SMILES string of the molecule is COc1cc(CNC(=O)CCCCC#CC2CCCCC2)ccc1O. The third kappa shape index (κ3) is 7.09. The first-order chi connectivity index (χ1) is 12.2. The number of hydrogen-bond acceptors (Lipinski definition) is 3. The van der Waals surface area contributed by atoms with E-state index in [2.05, 4.69) is 17.2 Å². The fourth-order valence-corrected chi connectivity index (χ4v) is 3.08. The Hall–Kier alpha value is -2.15. The summed E-state index contributed by atoms with van der Waals surface area (Å²) >= 11 is 0. The van der Waals surface area contributed by atoms with Gasteiger partial charge < -0.3 is 15.2 Å². The van der Waals surface area contributed by atoms with Crippen molar-refractivity contribution in [1.29, 1.82) is 0 Å². The van der Waals surface area contributed by atoms with Gasteiger partial charge >= 0.3 is 0 Å². The van der Waals surface area contributed by atoms with Crippen LogP contribution >= 0.6 is 0 Å². The van der Waals surface area contributed by atoms with E-state index in [1.807, 2.05) is 0 Å². The second-order valence-electron chi connectivity index (χ2n) is 6.65. The molecule has 2 rings (SSSR count). The monoisotopic (exact) mass is 343 g/mol. The maximum absolute atomic E-state index is 11.9. The number of carbonyl (C=O) groups is 1. The van der Waals surface area contributed by atoms with E-state index in [4.69, 9.17) is 4.74 Å². The number of amides is 1. The van der Waals surface area contributed by atoms with E-state index in [1.165, 1.54) is 39.2 Å². The summed E-state index contributed by atoms with van der Waals surface area (Å²) in [6, 6.07) is 5.08. The Morgan fingerprint density at radius 1 is 1.28 bits per heavy atom. The number of aromatic hydroxyl groups is 1. The van der Waals surface area contributed by atoms with Gasteiger partial charge in [-0.1, -0.05) is 31.2 Å². The molecule has 0 radical (unpaired) electrons. The van der Waals surface area contributed by atoms with Crippen LogP contribution in [0.3, 0.4) is 0 Å². The Kier molecular flexibility index (Phi) is 8.18. The molecule has 1 aliphatic rings. The van der Waals surface area contributed by atoms with E-state index in [0.29, 0.717) is 24.6 Å². The van der Waals surface area contributed by atoms with Gasteiger partial charge in [-0.15, -0.1) is 5.92 Å². The third-order valence-electron chi connectivity index (χ3n) is 4.60. The summed E-state index contributed by atoms with van der Waals surface area (Å²) in [5, 5.41) is 12.5. The molecule has 1 fully saturated rings. The van der Waals surface area contributed by atoms with Crippen LogP contribution in [0.5, 0.6) is 11.5 Å². The Bertz CT molecular complexity index is 609. The van der Waals surface area contributed by atoms with Crippen molar-refractivity contribution in [3.05, 3.63) is 23.8 Å². The lowest BCUT2D eigenvalue weighted by Crippen LogP contribution is -2.22. The second-order valence-corrected chi connectivity index (χ2v) is 6.65. The van der Waals surface area contributed by atoms with Crippen LogP contribution in [0.1, 0.15) is 63.4 Å². The zero-order valence-electron chi connectivity index (χ0n) is 15.1. The normalized spacial score (nSPS) is 14.4. The minimum Gasteiger partial charge on any atom is -0.504 e. The fraction of sp³-hybridized carbons (Fsp3) is 0.571. The van der Waals surface area contributed by atoms with Crippen molar-refractivity contribution in [1.82, 2.24) is 5.32 Å². The standard InChI is InChI=1S/C21H29NO3/c1-25-20-15-18(13-14-19(20)23)16-22-21(24)12-8-3-2-5-9-17-10-6-4-7-11-17/h13-15,17,23H,2-4,6-8,10-12,16H2,1H3,(H,22,24). The van der Waals surface area contributed by atoms with Gasteiger partial charge in [-0.3, -0.25) is 4.79 Å². The quantitative estimate of drug-likeness (QED) is 0.577. The maximum atomic E-state index is 11.9. The van der Waals surface area contributed by atoms with Crippen LogP contribution in [0.2, 0.25) is 0 Å². The lowest BCUT2D eigenvalue weighted by molar-refractivity contribution is -0.121. The summed E-state index contributed by atoms with van der Waals surface area (Å²) in [5.74, 6) is 7.86. The Morgan fingerprint density at radius 3 is 2.84 bits per heavy atom. The molecule has 0 unspecified atom stereocenters. The van der Waals surface area contributed by atoms with E-state index in [9.17, 15) is 9.90 Å². The highest BCUT2D eigenvalue weighted by Crippen LogP contribution is 2.26. The highest BCUT2D eigenvalue weighted by atomic mass is 16.5. The second kappa shape index (κ2) is 10.7. The number of hydrogen-bond donors (Lipinski definition) is 2. The number of phenolic OH excluding ortho intramolecular Hbond substituents is 1. The van der Waals surface area contributed by atoms with Gasteiger partial charge in [0, 0.05) is 25.3 Å². The molecule has 4 nitrogen and oxygen atoms in total. The molecule has 25 heavy (non-hydrogen) atoms. The summed E-state index contributed by atoms with van der Waals surface area (Å²) < 4.78 is 5.06. The van der Waals surface area contributed by atoms with Gasteiger partial charge in [0.2, 0.25) is 5.91 Å². The molecule has 1 aromatic rings. The van der Waals surface area contributed by atoms with Gasteiger partial charge in [0.05, 0.1) is 7.11 Å². The van der Waals surface area contributed by atoms with Crippen molar-refractivity contribution in [2.75, 3.05) is 7.11 Å². The molecular weight excluding hydrogens is 314 g/mol. The molecule has 0 bridgehead atoms. The Morgan fingerprint density at radius 2 is 2.08 bits per heavy atom. The van der Waals surface area contributed by atoms with Gasteiger partial charge in [0.1, 0.15) is 0 Å². The number of rotatable bonds is 7. The first-order valence-electron chi connectivity index (χ1n) is 9.30. The Balaban J connectivity index is 1.58. The van der Waals surface area contributed by atoms with E-state index in [1.54, 1.807) is 18.2 Å². The van der Waals surface area contributed by atoms with Crippen molar-refractivity contribution >= 4 is 5.91 Å². The topological polar surface area (TPSA) is 58.6 Å². The lowest BCUT2D eigenvalue weighted by atomic mass is 9.90. The molecule has 1 aliphatic carbocycles. The fourth-order valence-electron chi connectivity index (χ4n) is 3.08. The number of carbonyl (C=O) groups excluding carboxylic acids is 1. The number of methoxy groups -OCH3 is 1. The average Bonchev–Trinajstić information content (AvgIpc) is 2.64. The molecule has 0 saturated heterocycles. The van der Waals surface area contributed by atoms with E-state index >= 15 is 0 Å². The molecular formula is C21H29NO3. The summed E-state index contributed by atoms with van der Waals surface area (Å²) in [7, 11) is 1.51. The number of benzene rings is 1. The molecule has 136 valence electrons. The van der Waals surface area contributed by atoms with Crippen LogP contribution in [0.4, 0.5) is 0 Å². The van der Waals surface area contributed by atoms with Gasteiger partial charge in [0.25, 0.3) is 0 Å². The first-order valence-corrected chi connectivity index (χ1v) is 9.30. The van der Waals surface area contributed by atoms with E-state index in [-0.39, 0.29) is 11.7 Å². The summed E-state index contributed by atoms with van der Waals surface area (Å²) in [5.41, 5.74) is 0.904. The number of ether oxygens (including phenoxy) is 1. The largest absolute Gasteiger partial charge is 0.504 e. The molecule has 0 atom stereocenters. The maximum Gasteiger partial charge on any atom is 0.220 e. The van der Waals surface area contributed by atoms with Gasteiger partial charge in [-0.05, 0) is 43.4 Å². The van der Waals surface area contributed by atoms with Crippen molar-refractivity contribution in [3.63, 3.8) is 0 Å². The van der Waals surface area contributed by atoms with Gasteiger partial charge in [-0.2, -0.15) is 0 Å². The minimum absolute atomic E-state index is 0.0484. The van der Waals surface area contributed by atoms with E-state index in [0.717, 1.165) is 24.8 Å². The van der Waals surface area contributed by atoms with Crippen LogP contribution in [-0.2, 0) is 11.3 Å². The molecule has 0 spiro atoms. The molecule has 0 aromatic heterocycles. The van der Waals surface area contributed by atoms with Crippen molar-refractivity contribution in [2.24, 2.45) is 5.92 Å². The molecule has 1 saturated carbocycles. The predicted molar refractivity (Wildman–Crippen MR) is 99.3 cm³/mol. The Labute approximate surface area is 151 Å². The molecule has 4 heteroatoms. The van der Waals surface area contributed by atoms with Crippen LogP contribution < -0.4 is 10.1 Å². The molecule has 2 N–H and O–H groups in total. The number of phenols is 1. The van der Waals surface area contributed by atoms with Gasteiger partial charge in [-0.25, -0.2) is 0 Å². The summed E-state index contributed by atoms with van der Waals surface area (Å²) in [6.07, 6.45) is 9.79. The molecule has 1 amide bonds. The number of unbranched alkanes of at least 4 members (excludes halogenated alkanes) is 2. The van der Waals surface area contributed by atoms with Crippen LogP contribution in [0, 0.1) is 17.8 Å². The zero-order valence-corrected chi connectivity index (χ0v) is 15.1. The van der Waals surface area contributed by atoms with Gasteiger partial charge in [0.15, 0.2) is 11.5 Å². The van der Waals surface area contributed by atoms with Crippen molar-refractivity contribution < 1.29 is 14.6 Å². The van der Waals surface area contributed by atoms with Crippen LogP contribution in [0.25, 0.3) is 0 Å². The first kappa shape index (κ1) is 19.2. The van der Waals surface area contributed by atoms with Crippen LogP contribution in [0.15, 0.2) is 18.2 Å². The molecule has 0 heterocycles. The van der Waals surface area contributed by atoms with E-state index < -0.39 is 0 Å². The summed E-state index contributed by atoms with van der Waals surface area (Å²) in [6.45, 7) is 0.441. The lowest BCUT2D eigenvalue weighted by Gasteiger charge is -2.15. The zero-order chi connectivity index (χ0) is 17.9. The highest BCUT2D eigenvalue weighted by molar-refractivity contribution is 5.75. The minimum atomic E-state index is 0.0484. The molecule has 0 aliphatic heterocycles. The number of nitrogens with one attached hydrogen (secondary N) is 1. The van der Waals surface area contributed by atoms with Crippen molar-refractivity contribution in [3.8, 4) is 23.3 Å². The smallest absolute Gasteiger partial charge is 0.220 e. The third-order valence-corrected chi connectivity index (χ3v) is 4.60. The highest BCUT2D eigenvalue weighted by Gasteiger charge is 2.09. The average molecular weight is 343 g/mol. The van der Waals surface area contributed by atoms with Crippen molar-refractivity contribution in [2.45, 2.75) is 64.3 Å². The van der Waals surface area contributed by atoms with Crippen LogP contribution in [-0.4, -0.2) is 18.1 Å². The molecule has 1 aromatic carbocycles. The summed E-state index contributed by atoms with van der Waals surface area (Å²) in [4.78, 5) is 11.9.